The summed E-state index contributed by atoms with van der Waals surface area (Å²) in [5, 5.41) is 7.61. The highest BCUT2D eigenvalue weighted by Crippen LogP contribution is 2.45. The highest BCUT2D eigenvalue weighted by atomic mass is 32.2. The molecule has 4 heterocycles. The summed E-state index contributed by atoms with van der Waals surface area (Å²) in [4.78, 5) is 37.2. The van der Waals surface area contributed by atoms with Crippen LogP contribution in [0.15, 0.2) is 69.4 Å². The second-order valence-corrected chi connectivity index (χ2v) is 8.76. The minimum absolute atomic E-state index is 0.106. The summed E-state index contributed by atoms with van der Waals surface area (Å²) in [5.74, 6) is -0.482. The van der Waals surface area contributed by atoms with E-state index in [0.29, 0.717) is 17.8 Å². The number of fused-ring (bicyclic) bond motifs is 1. The molecule has 0 saturated carbocycles. The summed E-state index contributed by atoms with van der Waals surface area (Å²) in [7, 11) is 0. The zero-order valence-electron chi connectivity index (χ0n) is 17.2. The Morgan fingerprint density at radius 2 is 2.16 bits per heavy atom. The van der Waals surface area contributed by atoms with Crippen LogP contribution in [0.2, 0.25) is 0 Å². The monoisotopic (exact) mass is 454 g/mol. The molecule has 1 unspecified atom stereocenters. The smallest absolute Gasteiger partial charge is 0.338 e. The van der Waals surface area contributed by atoms with Gasteiger partial charge in [-0.15, -0.1) is 11.3 Å². The van der Waals surface area contributed by atoms with E-state index in [1.54, 1.807) is 30.7 Å². The van der Waals surface area contributed by atoms with Crippen molar-refractivity contribution in [2.75, 3.05) is 6.61 Å². The largest absolute Gasteiger partial charge is 0.463 e. The Labute approximate surface area is 188 Å². The summed E-state index contributed by atoms with van der Waals surface area (Å²) < 4.78 is 5.33. The molecule has 31 heavy (non-hydrogen) atoms. The molecule has 2 aromatic heterocycles. The average molecular weight is 455 g/mol. The van der Waals surface area contributed by atoms with Crippen molar-refractivity contribution in [1.29, 1.82) is 0 Å². The average Bonchev–Trinajstić information content (AvgIpc) is 3.43. The lowest BCUT2D eigenvalue weighted by atomic mass is 9.99. The molecule has 160 valence electrons. The van der Waals surface area contributed by atoms with Crippen molar-refractivity contribution < 1.29 is 14.3 Å². The first-order valence-electron chi connectivity index (χ1n) is 9.89. The Bertz CT molecular complexity index is 1060. The molecule has 2 aliphatic heterocycles. The lowest BCUT2D eigenvalue weighted by molar-refractivity contribution is -0.139. The molecule has 0 fully saturated rings. The predicted octanol–water partition coefficient (Wildman–Crippen LogP) is 3.99. The van der Waals surface area contributed by atoms with Gasteiger partial charge in [0.25, 0.3) is 0 Å². The minimum Gasteiger partial charge on any atom is -0.463 e. The van der Waals surface area contributed by atoms with E-state index in [2.05, 4.69) is 15.3 Å². The number of nitrogens with zero attached hydrogens (tertiary/aromatic N) is 3. The maximum Gasteiger partial charge on any atom is 0.338 e. The number of carbonyl (C=O) groups excluding carboxylic acids is 2. The van der Waals surface area contributed by atoms with Gasteiger partial charge >= 0.3 is 5.97 Å². The molecule has 0 bridgehead atoms. The number of amides is 1. The van der Waals surface area contributed by atoms with Crippen molar-refractivity contribution in [2.45, 2.75) is 32.9 Å². The maximum atomic E-state index is 12.8. The first-order valence-corrected chi connectivity index (χ1v) is 11.6. The minimum atomic E-state index is -0.376. The third kappa shape index (κ3) is 4.57. The molecule has 1 amide bonds. The Balaban J connectivity index is 1.56. The van der Waals surface area contributed by atoms with E-state index in [4.69, 9.17) is 4.74 Å². The van der Waals surface area contributed by atoms with Crippen molar-refractivity contribution in [3.05, 3.63) is 74.9 Å². The zero-order chi connectivity index (χ0) is 21.8. The van der Waals surface area contributed by atoms with Gasteiger partial charge in [0, 0.05) is 29.5 Å². The molecule has 1 atom stereocenters. The molecule has 0 spiro atoms. The van der Waals surface area contributed by atoms with Crippen LogP contribution in [0, 0.1) is 0 Å². The number of esters is 1. The fourth-order valence-corrected chi connectivity index (χ4v) is 5.27. The van der Waals surface area contributed by atoms with Gasteiger partial charge < -0.3 is 15.0 Å². The summed E-state index contributed by atoms with van der Waals surface area (Å²) in [5.41, 5.74) is 2.90. The van der Waals surface area contributed by atoms with E-state index in [1.165, 1.54) is 11.8 Å². The van der Waals surface area contributed by atoms with E-state index >= 15 is 0 Å². The number of aliphatic imine (C=N–C) groups is 1. The number of thiophene rings is 1. The second-order valence-electron chi connectivity index (χ2n) is 6.94. The molecule has 4 rings (SSSR count). The highest BCUT2D eigenvalue weighted by molar-refractivity contribution is 8.16. The van der Waals surface area contributed by atoms with Crippen LogP contribution in [0.25, 0.3) is 0 Å². The standard InChI is InChI=1S/C22H22N4O3S2/c1-3-29-21(28)19-14(2)25-22-26(20(19)17-7-5-9-30-17)16(13-31-22)10-18(27)24-12-15-6-4-8-23-11-15/h4-9,11,13,20H,3,10,12H2,1-2H3,(H,24,27). The molecule has 2 aliphatic rings. The molecule has 2 aromatic rings. The highest BCUT2D eigenvalue weighted by Gasteiger charge is 2.41. The number of pyridine rings is 1. The molecule has 0 aliphatic carbocycles. The SMILES string of the molecule is CCOC(=O)C1=C(C)N=C2SC=C(CC(=O)NCc3cccnc3)N2C1c1cccs1. The molecule has 9 heteroatoms. The third-order valence-electron chi connectivity index (χ3n) is 4.86. The van der Waals surface area contributed by atoms with Crippen LogP contribution in [0.4, 0.5) is 0 Å². The number of thioether (sulfide) groups is 1. The van der Waals surface area contributed by atoms with Crippen molar-refractivity contribution in [2.24, 2.45) is 4.99 Å². The van der Waals surface area contributed by atoms with Gasteiger partial charge in [-0.1, -0.05) is 23.9 Å². The van der Waals surface area contributed by atoms with E-state index in [1.807, 2.05) is 46.9 Å². The quantitative estimate of drug-likeness (QED) is 0.637. The fraction of sp³-hybridized carbons (Fsp3) is 0.273. The second kappa shape index (κ2) is 9.49. The van der Waals surface area contributed by atoms with Crippen LogP contribution in [0.1, 0.15) is 36.8 Å². The number of ether oxygens (including phenoxy) is 1. The van der Waals surface area contributed by atoms with Crippen molar-refractivity contribution in [3.63, 3.8) is 0 Å². The van der Waals surface area contributed by atoms with Gasteiger partial charge in [0.15, 0.2) is 5.17 Å². The molecule has 1 N–H and O–H groups in total. The van der Waals surface area contributed by atoms with Crippen LogP contribution in [0.3, 0.4) is 0 Å². The van der Waals surface area contributed by atoms with E-state index < -0.39 is 0 Å². The van der Waals surface area contributed by atoms with Gasteiger partial charge in [-0.25, -0.2) is 9.79 Å². The number of nitrogens with one attached hydrogen (secondary N) is 1. The van der Waals surface area contributed by atoms with E-state index in [-0.39, 0.29) is 30.9 Å². The summed E-state index contributed by atoms with van der Waals surface area (Å²) in [6, 6.07) is 7.34. The molecule has 7 nitrogen and oxygen atoms in total. The fourth-order valence-electron chi connectivity index (χ4n) is 3.49. The summed E-state index contributed by atoms with van der Waals surface area (Å²) in [6.45, 7) is 4.32. The first kappa shape index (κ1) is 21.3. The Kier molecular flexibility index (Phi) is 6.53. The van der Waals surface area contributed by atoms with Crippen LogP contribution < -0.4 is 5.32 Å². The van der Waals surface area contributed by atoms with E-state index in [9.17, 15) is 9.59 Å². The number of allylic oxidation sites excluding steroid dienone is 1. The normalized spacial score (nSPS) is 17.7. The number of hydrogen-bond donors (Lipinski definition) is 1. The Morgan fingerprint density at radius 1 is 1.29 bits per heavy atom. The molecule has 0 aromatic carbocycles. The summed E-state index contributed by atoms with van der Waals surface area (Å²) >= 11 is 3.03. The van der Waals surface area contributed by atoms with E-state index in [0.717, 1.165) is 21.3 Å². The van der Waals surface area contributed by atoms with Gasteiger partial charge in [-0.3, -0.25) is 9.78 Å². The molecular formula is C22H22N4O3S2. The first-order chi connectivity index (χ1) is 15.1. The van der Waals surface area contributed by atoms with Crippen LogP contribution in [0.5, 0.6) is 0 Å². The van der Waals surface area contributed by atoms with Crippen molar-refractivity contribution >= 4 is 40.1 Å². The van der Waals surface area contributed by atoms with Crippen molar-refractivity contribution in [3.8, 4) is 0 Å². The number of carbonyl (C=O) groups is 2. The lowest BCUT2D eigenvalue weighted by Crippen LogP contribution is -2.37. The van der Waals surface area contributed by atoms with Gasteiger partial charge in [0.2, 0.25) is 5.91 Å². The summed E-state index contributed by atoms with van der Waals surface area (Å²) in [6.07, 6.45) is 3.61. The molecular weight excluding hydrogens is 432 g/mol. The number of rotatable bonds is 7. The third-order valence-corrected chi connectivity index (χ3v) is 6.68. The Morgan fingerprint density at radius 3 is 2.87 bits per heavy atom. The van der Waals surface area contributed by atoms with Gasteiger partial charge in [0.05, 0.1) is 24.3 Å². The maximum absolute atomic E-state index is 12.8. The predicted molar refractivity (Wildman–Crippen MR) is 122 cm³/mol. The van der Waals surface area contributed by atoms with Gasteiger partial charge in [-0.2, -0.15) is 0 Å². The lowest BCUT2D eigenvalue weighted by Gasteiger charge is -2.35. The number of aromatic nitrogens is 1. The zero-order valence-corrected chi connectivity index (χ0v) is 18.8. The van der Waals surface area contributed by atoms with Crippen molar-refractivity contribution in [1.82, 2.24) is 15.2 Å². The van der Waals surface area contributed by atoms with Crippen LogP contribution in [-0.4, -0.2) is 33.5 Å². The topological polar surface area (TPSA) is 83.9 Å². The van der Waals surface area contributed by atoms with Crippen LogP contribution in [-0.2, 0) is 20.9 Å². The number of amidine groups is 1. The molecule has 0 radical (unpaired) electrons. The molecule has 0 saturated heterocycles. The number of hydrogen-bond acceptors (Lipinski definition) is 8. The Hall–Kier alpha value is -2.91. The van der Waals surface area contributed by atoms with Gasteiger partial charge in [0.1, 0.15) is 6.04 Å². The van der Waals surface area contributed by atoms with Gasteiger partial charge in [-0.05, 0) is 42.3 Å². The van der Waals surface area contributed by atoms with Crippen LogP contribution >= 0.6 is 23.1 Å².